The highest BCUT2D eigenvalue weighted by molar-refractivity contribution is 6.30. The minimum Gasteiger partial charge on any atom is -0.396 e. The van der Waals surface area contributed by atoms with Crippen molar-refractivity contribution in [3.05, 3.63) is 34.3 Å². The van der Waals surface area contributed by atoms with Gasteiger partial charge in [-0.2, -0.15) is 5.26 Å². The SMILES string of the molecule is CC(C)OCC1CC(C)N(CC(CO)c2cc(Cl)cc(C#N)c2)C1. The minimum absolute atomic E-state index is 0.0389. The Bertz CT molecular complexity index is 585. The highest BCUT2D eigenvalue weighted by Crippen LogP contribution is 2.28. The van der Waals surface area contributed by atoms with Crippen molar-refractivity contribution >= 4 is 11.6 Å². The standard InChI is InChI=1S/C19H27ClN2O2/c1-13(2)24-12-16-4-14(3)22(9-16)10-18(11-23)17-5-15(8-21)6-19(20)7-17/h5-7,13-14,16,18,23H,4,9-12H2,1-3H3. The molecule has 5 heteroatoms. The van der Waals surface area contributed by atoms with Crippen LogP contribution in [0, 0.1) is 17.2 Å². The second kappa shape index (κ2) is 8.82. The summed E-state index contributed by atoms with van der Waals surface area (Å²) >= 11 is 6.11. The smallest absolute Gasteiger partial charge is 0.0992 e. The van der Waals surface area contributed by atoms with E-state index < -0.39 is 0 Å². The van der Waals surface area contributed by atoms with E-state index in [-0.39, 0.29) is 18.6 Å². The van der Waals surface area contributed by atoms with Crippen molar-refractivity contribution < 1.29 is 9.84 Å². The molecule has 0 bridgehead atoms. The maximum atomic E-state index is 9.85. The Balaban J connectivity index is 2.02. The largest absolute Gasteiger partial charge is 0.396 e. The molecule has 2 rings (SSSR count). The van der Waals surface area contributed by atoms with E-state index in [0.29, 0.717) is 22.5 Å². The van der Waals surface area contributed by atoms with Gasteiger partial charge in [-0.3, -0.25) is 4.90 Å². The highest BCUT2D eigenvalue weighted by Gasteiger charge is 2.31. The zero-order valence-electron chi connectivity index (χ0n) is 14.7. The average molecular weight is 351 g/mol. The van der Waals surface area contributed by atoms with Gasteiger partial charge in [0.2, 0.25) is 0 Å². The van der Waals surface area contributed by atoms with Crippen LogP contribution in [0.1, 0.15) is 44.2 Å². The van der Waals surface area contributed by atoms with E-state index >= 15 is 0 Å². The summed E-state index contributed by atoms with van der Waals surface area (Å²) in [6.45, 7) is 8.92. The number of nitriles is 1. The van der Waals surface area contributed by atoms with Crippen molar-refractivity contribution in [1.82, 2.24) is 4.90 Å². The lowest BCUT2D eigenvalue weighted by Crippen LogP contribution is -2.33. The van der Waals surface area contributed by atoms with Gasteiger partial charge in [0.25, 0.3) is 0 Å². The van der Waals surface area contributed by atoms with Crippen molar-refractivity contribution in [3.63, 3.8) is 0 Å². The Morgan fingerprint density at radius 2 is 2.17 bits per heavy atom. The van der Waals surface area contributed by atoms with E-state index in [2.05, 4.69) is 31.7 Å². The Labute approximate surface area is 150 Å². The summed E-state index contributed by atoms with van der Waals surface area (Å²) in [7, 11) is 0. The fraction of sp³-hybridized carbons (Fsp3) is 0.632. The molecule has 0 saturated carbocycles. The molecule has 0 aliphatic carbocycles. The predicted molar refractivity (Wildman–Crippen MR) is 96.2 cm³/mol. The van der Waals surface area contributed by atoms with Crippen molar-refractivity contribution in [3.8, 4) is 6.07 Å². The molecule has 1 fully saturated rings. The van der Waals surface area contributed by atoms with Gasteiger partial charge in [-0.1, -0.05) is 11.6 Å². The van der Waals surface area contributed by atoms with Crippen LogP contribution in [0.2, 0.25) is 5.02 Å². The molecule has 0 amide bonds. The van der Waals surface area contributed by atoms with Gasteiger partial charge in [0, 0.05) is 30.1 Å². The van der Waals surface area contributed by atoms with Crippen LogP contribution in [0.4, 0.5) is 0 Å². The first-order valence-electron chi connectivity index (χ1n) is 8.60. The Kier molecular flexibility index (Phi) is 7.06. The fourth-order valence-corrected chi connectivity index (χ4v) is 3.63. The summed E-state index contributed by atoms with van der Waals surface area (Å²) in [5.41, 5.74) is 1.46. The summed E-state index contributed by atoms with van der Waals surface area (Å²) in [5.74, 6) is 0.499. The number of aliphatic hydroxyl groups is 1. The predicted octanol–water partition coefficient (Wildman–Crippen LogP) is 3.42. The lowest BCUT2D eigenvalue weighted by atomic mass is 9.97. The molecule has 0 spiro atoms. The van der Waals surface area contributed by atoms with E-state index in [9.17, 15) is 5.11 Å². The van der Waals surface area contributed by atoms with Crippen LogP contribution in [0.3, 0.4) is 0 Å². The molecule has 1 saturated heterocycles. The first-order chi connectivity index (χ1) is 11.4. The lowest BCUT2D eigenvalue weighted by molar-refractivity contribution is 0.0527. The van der Waals surface area contributed by atoms with Gasteiger partial charge in [0.15, 0.2) is 0 Å². The molecular weight excluding hydrogens is 324 g/mol. The maximum absolute atomic E-state index is 9.85. The third kappa shape index (κ3) is 5.19. The molecule has 3 atom stereocenters. The monoisotopic (exact) mass is 350 g/mol. The van der Waals surface area contributed by atoms with Crippen LogP contribution in [0.25, 0.3) is 0 Å². The number of hydrogen-bond donors (Lipinski definition) is 1. The molecule has 0 aromatic heterocycles. The van der Waals surface area contributed by atoms with Crippen LogP contribution in [0.5, 0.6) is 0 Å². The molecule has 3 unspecified atom stereocenters. The van der Waals surface area contributed by atoms with Crippen LogP contribution < -0.4 is 0 Å². The summed E-state index contributed by atoms with van der Waals surface area (Å²) in [5, 5.41) is 19.5. The molecule has 1 aromatic rings. The van der Waals surface area contributed by atoms with Gasteiger partial charge >= 0.3 is 0 Å². The second-order valence-corrected chi connectivity index (χ2v) is 7.49. The molecule has 1 N–H and O–H groups in total. The second-order valence-electron chi connectivity index (χ2n) is 7.05. The first-order valence-corrected chi connectivity index (χ1v) is 8.97. The molecule has 1 heterocycles. The fourth-order valence-electron chi connectivity index (χ4n) is 3.39. The molecular formula is C19H27ClN2O2. The number of nitrogens with zero attached hydrogens (tertiary/aromatic N) is 2. The van der Waals surface area contributed by atoms with E-state index in [0.717, 1.165) is 31.7 Å². The number of aliphatic hydroxyl groups excluding tert-OH is 1. The van der Waals surface area contributed by atoms with Gasteiger partial charge < -0.3 is 9.84 Å². The normalized spacial score (nSPS) is 22.7. The van der Waals surface area contributed by atoms with Gasteiger partial charge in [-0.05, 0) is 56.9 Å². The Morgan fingerprint density at radius 1 is 1.42 bits per heavy atom. The molecule has 4 nitrogen and oxygen atoms in total. The zero-order chi connectivity index (χ0) is 17.7. The van der Waals surface area contributed by atoms with Crippen LogP contribution in [0.15, 0.2) is 18.2 Å². The zero-order valence-corrected chi connectivity index (χ0v) is 15.5. The number of likely N-dealkylation sites (tertiary alicyclic amines) is 1. The van der Waals surface area contributed by atoms with Crippen molar-refractivity contribution in [1.29, 1.82) is 5.26 Å². The van der Waals surface area contributed by atoms with Crippen molar-refractivity contribution in [2.24, 2.45) is 5.92 Å². The Hall–Kier alpha value is -1.12. The van der Waals surface area contributed by atoms with Crippen LogP contribution >= 0.6 is 11.6 Å². The summed E-state index contributed by atoms with van der Waals surface area (Å²) in [6, 6.07) is 7.92. The topological polar surface area (TPSA) is 56.5 Å². The molecule has 1 aromatic carbocycles. The molecule has 0 radical (unpaired) electrons. The van der Waals surface area contributed by atoms with Crippen LogP contribution in [-0.2, 0) is 4.74 Å². The Morgan fingerprint density at radius 3 is 2.79 bits per heavy atom. The van der Waals surface area contributed by atoms with E-state index in [1.54, 1.807) is 6.07 Å². The van der Waals surface area contributed by atoms with E-state index in [1.165, 1.54) is 0 Å². The van der Waals surface area contributed by atoms with Gasteiger partial charge in [-0.25, -0.2) is 0 Å². The van der Waals surface area contributed by atoms with E-state index in [1.807, 2.05) is 12.1 Å². The third-order valence-electron chi connectivity index (χ3n) is 4.65. The van der Waals surface area contributed by atoms with Crippen molar-refractivity contribution in [2.75, 3.05) is 26.3 Å². The number of hydrogen-bond acceptors (Lipinski definition) is 4. The molecule has 24 heavy (non-hydrogen) atoms. The molecule has 1 aliphatic heterocycles. The number of halogens is 1. The number of rotatable bonds is 7. The van der Waals surface area contributed by atoms with Gasteiger partial charge in [-0.15, -0.1) is 0 Å². The highest BCUT2D eigenvalue weighted by atomic mass is 35.5. The lowest BCUT2D eigenvalue weighted by Gasteiger charge is -2.26. The van der Waals surface area contributed by atoms with E-state index in [4.69, 9.17) is 21.6 Å². The van der Waals surface area contributed by atoms with Crippen molar-refractivity contribution in [2.45, 2.75) is 45.3 Å². The summed E-state index contributed by atoms with van der Waals surface area (Å²) in [6.07, 6.45) is 1.37. The maximum Gasteiger partial charge on any atom is 0.0992 e. The quantitative estimate of drug-likeness (QED) is 0.818. The number of benzene rings is 1. The first kappa shape index (κ1) is 19.2. The average Bonchev–Trinajstić information content (AvgIpc) is 2.89. The summed E-state index contributed by atoms with van der Waals surface area (Å²) in [4.78, 5) is 2.40. The minimum atomic E-state index is -0.0389. The third-order valence-corrected chi connectivity index (χ3v) is 4.87. The molecule has 1 aliphatic rings. The molecule has 132 valence electrons. The van der Waals surface area contributed by atoms with Gasteiger partial charge in [0.05, 0.1) is 31.0 Å². The van der Waals surface area contributed by atoms with Crippen LogP contribution in [-0.4, -0.2) is 48.5 Å². The summed E-state index contributed by atoms with van der Waals surface area (Å²) < 4.78 is 5.75. The van der Waals surface area contributed by atoms with Gasteiger partial charge in [0.1, 0.15) is 0 Å². The number of ether oxygens (including phenoxy) is 1.